The van der Waals surface area contributed by atoms with Crippen molar-refractivity contribution in [3.63, 3.8) is 0 Å². The van der Waals surface area contributed by atoms with Gasteiger partial charge in [0.05, 0.1) is 5.41 Å². The molecule has 11 atom stereocenters. The average molecular weight is 547 g/mol. The Kier molecular flexibility index (Phi) is 4.70. The largest absolute Gasteiger partial charge is 0.458 e. The van der Waals surface area contributed by atoms with Crippen molar-refractivity contribution >= 4 is 17.7 Å². The van der Waals surface area contributed by atoms with Crippen molar-refractivity contribution in [2.75, 3.05) is 0 Å². The number of esters is 2. The van der Waals surface area contributed by atoms with Gasteiger partial charge >= 0.3 is 11.9 Å². The number of ether oxygens (including phenoxy) is 4. The zero-order valence-corrected chi connectivity index (χ0v) is 23.5. The second-order valence-electron chi connectivity index (χ2n) is 14.3. The molecule has 40 heavy (non-hydrogen) atoms. The average Bonchev–Trinajstić information content (AvgIpc) is 3.59. The minimum absolute atomic E-state index is 0.0281. The van der Waals surface area contributed by atoms with Crippen LogP contribution in [-0.4, -0.2) is 46.9 Å². The predicted molar refractivity (Wildman–Crippen MR) is 143 cm³/mol. The number of allylic oxidation sites excluding steroid dienone is 2. The molecular weight excluding hydrogens is 508 g/mol. The second-order valence-corrected chi connectivity index (χ2v) is 14.3. The molecule has 7 nitrogen and oxygen atoms in total. The van der Waals surface area contributed by atoms with Gasteiger partial charge in [0.15, 0.2) is 5.79 Å². The molecule has 3 heterocycles. The van der Waals surface area contributed by atoms with E-state index in [1.165, 1.54) is 0 Å². The summed E-state index contributed by atoms with van der Waals surface area (Å²) >= 11 is 0. The highest BCUT2D eigenvalue weighted by Crippen LogP contribution is 2.79. The summed E-state index contributed by atoms with van der Waals surface area (Å²) in [6.45, 7) is 21.0. The molecule has 0 aromatic rings. The van der Waals surface area contributed by atoms with Crippen LogP contribution in [0.25, 0.3) is 0 Å². The molecular formula is C33H38O7. The Morgan fingerprint density at radius 1 is 0.725 bits per heavy atom. The van der Waals surface area contributed by atoms with Crippen LogP contribution in [-0.2, 0) is 33.3 Å². The maximum Gasteiger partial charge on any atom is 0.334 e. The first-order valence-electron chi connectivity index (χ1n) is 15.0. The summed E-state index contributed by atoms with van der Waals surface area (Å²) in [6, 6.07) is 0. The minimum Gasteiger partial charge on any atom is -0.458 e. The van der Waals surface area contributed by atoms with Crippen molar-refractivity contribution in [2.24, 2.45) is 40.9 Å². The van der Waals surface area contributed by atoms with Gasteiger partial charge in [0, 0.05) is 41.2 Å². The molecule has 0 radical (unpaired) electrons. The molecule has 0 bridgehead atoms. The van der Waals surface area contributed by atoms with Crippen molar-refractivity contribution in [3.05, 3.63) is 48.6 Å². The van der Waals surface area contributed by atoms with Crippen LogP contribution in [0.15, 0.2) is 48.6 Å². The highest BCUT2D eigenvalue weighted by Gasteiger charge is 2.88. The zero-order valence-electron chi connectivity index (χ0n) is 23.5. The topological polar surface area (TPSA) is 88.1 Å². The van der Waals surface area contributed by atoms with Crippen molar-refractivity contribution in [2.45, 2.75) is 94.4 Å². The molecule has 7 heteroatoms. The lowest BCUT2D eigenvalue weighted by Gasteiger charge is -2.48. The first-order chi connectivity index (χ1) is 18.9. The minimum atomic E-state index is -0.970. The van der Waals surface area contributed by atoms with Gasteiger partial charge in [-0.25, -0.2) is 9.59 Å². The van der Waals surface area contributed by atoms with Crippen LogP contribution in [0, 0.1) is 40.9 Å². The van der Waals surface area contributed by atoms with E-state index in [1.807, 2.05) is 13.8 Å². The van der Waals surface area contributed by atoms with Gasteiger partial charge in [-0.2, -0.15) is 0 Å². The number of rotatable bonds is 0. The van der Waals surface area contributed by atoms with E-state index in [9.17, 15) is 14.4 Å². The normalized spacial score (nSPS) is 52.0. The maximum atomic E-state index is 14.7. The Bertz CT molecular complexity index is 1360. The highest BCUT2D eigenvalue weighted by molar-refractivity contribution is 5.94. The molecule has 3 aliphatic heterocycles. The van der Waals surface area contributed by atoms with Crippen LogP contribution in [0.4, 0.5) is 0 Å². The number of ketones is 1. The van der Waals surface area contributed by atoms with E-state index in [1.54, 1.807) is 0 Å². The Balaban J connectivity index is 1.35. The molecule has 0 aromatic heterocycles. The molecule has 8 aliphatic rings. The van der Waals surface area contributed by atoms with Crippen molar-refractivity contribution in [3.8, 4) is 0 Å². The van der Waals surface area contributed by atoms with Gasteiger partial charge in [-0.15, -0.1) is 0 Å². The first kappa shape index (κ1) is 25.2. The molecule has 2 unspecified atom stereocenters. The fourth-order valence-electron chi connectivity index (χ4n) is 11.3. The van der Waals surface area contributed by atoms with Gasteiger partial charge in [-0.1, -0.05) is 37.5 Å². The second kappa shape index (κ2) is 7.46. The lowest BCUT2D eigenvalue weighted by atomic mass is 9.59. The van der Waals surface area contributed by atoms with Gasteiger partial charge in [-0.05, 0) is 70.6 Å². The lowest BCUT2D eigenvalue weighted by Crippen LogP contribution is -2.62. The Labute approximate surface area is 235 Å². The number of carbonyl (C=O) groups is 3. The van der Waals surface area contributed by atoms with E-state index < -0.39 is 34.6 Å². The number of carbonyl (C=O) groups excluding carboxylic acids is 3. The van der Waals surface area contributed by atoms with E-state index in [0.29, 0.717) is 36.8 Å². The monoisotopic (exact) mass is 546 g/mol. The van der Waals surface area contributed by atoms with E-state index in [0.717, 1.165) is 36.8 Å². The zero-order chi connectivity index (χ0) is 28.1. The van der Waals surface area contributed by atoms with Gasteiger partial charge in [-0.3, -0.25) is 4.79 Å². The maximum absolute atomic E-state index is 14.7. The molecule has 0 N–H and O–H groups in total. The standard InChI is InChI=1S/C33H38O7/c1-15-7-9-19-17(3)28(35)37-26(19)24-21(15)13-23(34)31(24)11-12-32-25-22(14-33(31,32)40-30(5,6)39-32)16(2)8-10-20-18(4)29(36)38-27(20)25/h19-22,24-27H,1-4,7-14H2,5-6H3/t19-,20-,21?,22-,24?,25-,26-,27-,31+,32-,33-/m0/s1. The van der Waals surface area contributed by atoms with Crippen molar-refractivity contribution in [1.82, 2.24) is 0 Å². The van der Waals surface area contributed by atoms with Crippen LogP contribution in [0.5, 0.6) is 0 Å². The number of Topliss-reactive ketones (excluding diaryl/α,β-unsaturated/α-hetero) is 1. The fourth-order valence-corrected chi connectivity index (χ4v) is 11.3. The number of hydrogen-bond acceptors (Lipinski definition) is 7. The van der Waals surface area contributed by atoms with Gasteiger partial charge in [0.2, 0.25) is 0 Å². The van der Waals surface area contributed by atoms with E-state index in [2.05, 4.69) is 26.3 Å². The Hall–Kier alpha value is -2.51. The summed E-state index contributed by atoms with van der Waals surface area (Å²) < 4.78 is 26.5. The third kappa shape index (κ3) is 2.60. The van der Waals surface area contributed by atoms with Crippen molar-refractivity contribution in [1.29, 1.82) is 0 Å². The Morgan fingerprint density at radius 3 is 1.93 bits per heavy atom. The van der Waals surface area contributed by atoms with Gasteiger partial charge in [0.1, 0.15) is 29.2 Å². The predicted octanol–water partition coefficient (Wildman–Crippen LogP) is 4.76. The van der Waals surface area contributed by atoms with Crippen LogP contribution in [0.2, 0.25) is 0 Å². The lowest BCUT2D eigenvalue weighted by molar-refractivity contribution is -0.218. The van der Waals surface area contributed by atoms with Crippen LogP contribution in [0.3, 0.4) is 0 Å². The number of hydrogen-bond donors (Lipinski definition) is 0. The van der Waals surface area contributed by atoms with Crippen LogP contribution < -0.4 is 0 Å². The summed E-state index contributed by atoms with van der Waals surface area (Å²) in [6.07, 6.45) is 4.29. The molecule has 5 saturated carbocycles. The third-order valence-electron chi connectivity index (χ3n) is 12.5. The first-order valence-corrected chi connectivity index (χ1v) is 15.0. The molecule has 1 spiro atoms. The van der Waals surface area contributed by atoms with E-state index in [4.69, 9.17) is 18.9 Å². The molecule has 0 aromatic carbocycles. The molecule has 8 rings (SSSR count). The summed E-state index contributed by atoms with van der Waals surface area (Å²) in [4.78, 5) is 40.4. The van der Waals surface area contributed by atoms with Crippen LogP contribution in [0.1, 0.15) is 65.2 Å². The third-order valence-corrected chi connectivity index (χ3v) is 12.5. The van der Waals surface area contributed by atoms with E-state index >= 15 is 0 Å². The number of fused-ring (bicyclic) bond motifs is 7. The molecule has 5 aliphatic carbocycles. The summed E-state index contributed by atoms with van der Waals surface area (Å²) in [5.74, 6) is -2.32. The Morgan fingerprint density at radius 2 is 1.30 bits per heavy atom. The smallest absolute Gasteiger partial charge is 0.334 e. The summed E-state index contributed by atoms with van der Waals surface area (Å²) in [5, 5.41) is 0. The fraction of sp³-hybridized carbons (Fsp3) is 0.667. The van der Waals surface area contributed by atoms with Gasteiger partial charge < -0.3 is 18.9 Å². The highest BCUT2D eigenvalue weighted by atomic mass is 16.8. The van der Waals surface area contributed by atoms with Crippen LogP contribution >= 0.6 is 0 Å². The summed E-state index contributed by atoms with van der Waals surface area (Å²) in [7, 11) is 0. The molecule has 0 amide bonds. The van der Waals surface area contributed by atoms with E-state index in [-0.39, 0.29) is 53.2 Å². The molecule has 3 saturated heterocycles. The SMILES string of the molecule is C=C1CC[C@H]2C(=C)C(=O)O[C@@H]2C2C1CC(=O)[C@]21CC[C@@]23OC(C)(C)O[C@]21C[C@H]1C(=C)CC[C@H]2C(=C)C(=O)O[C@@H]2[C@H]13. The molecule has 8 fully saturated rings. The summed E-state index contributed by atoms with van der Waals surface area (Å²) in [5.41, 5.74) is 0.436. The van der Waals surface area contributed by atoms with Gasteiger partial charge in [0.25, 0.3) is 0 Å². The quantitative estimate of drug-likeness (QED) is 0.246. The van der Waals surface area contributed by atoms with Crippen molar-refractivity contribution < 1.29 is 33.3 Å². The molecule has 212 valence electrons.